The number of rotatable bonds is 5. The van der Waals surface area contributed by atoms with Gasteiger partial charge in [-0.15, -0.1) is 0 Å². The Balaban J connectivity index is 1.63. The summed E-state index contributed by atoms with van der Waals surface area (Å²) in [6.07, 6.45) is 0. The summed E-state index contributed by atoms with van der Waals surface area (Å²) < 4.78 is 0. The Kier molecular flexibility index (Phi) is 7.17. The zero-order chi connectivity index (χ0) is 21.5. The minimum atomic E-state index is -0.409. The number of hydrogen-bond donors (Lipinski definition) is 2. The maximum atomic E-state index is 12.8. The van der Waals surface area contributed by atoms with Crippen molar-refractivity contribution >= 4 is 46.4 Å². The predicted octanol–water partition coefficient (Wildman–Crippen LogP) is 4.74. The fourth-order valence-electron chi connectivity index (χ4n) is 2.86. The fraction of sp³-hybridized carbons (Fsp3) is 0.0870. The second-order valence-electron chi connectivity index (χ2n) is 6.62. The molecule has 3 aromatic rings. The molecular weight excluding hydrogens is 418 g/mol. The maximum absolute atomic E-state index is 12.8. The third-order valence-corrected chi connectivity index (χ3v) is 4.86. The van der Waals surface area contributed by atoms with Gasteiger partial charge in [0, 0.05) is 24.8 Å². The van der Waals surface area contributed by atoms with Gasteiger partial charge in [-0.25, -0.2) is 0 Å². The second-order valence-corrected chi connectivity index (χ2v) is 7.43. The lowest BCUT2D eigenvalue weighted by molar-refractivity contribution is 0.0785. The summed E-state index contributed by atoms with van der Waals surface area (Å²) in [4.78, 5) is 26.7. The van der Waals surface area contributed by atoms with Crippen molar-refractivity contribution in [2.24, 2.45) is 0 Å². The lowest BCUT2D eigenvalue weighted by Crippen LogP contribution is -2.34. The minimum Gasteiger partial charge on any atom is -0.337 e. The van der Waals surface area contributed by atoms with Gasteiger partial charge in [-0.2, -0.15) is 0 Å². The summed E-state index contributed by atoms with van der Waals surface area (Å²) in [6.45, 7) is 0.504. The molecule has 0 heterocycles. The van der Waals surface area contributed by atoms with E-state index in [2.05, 4.69) is 10.6 Å². The Labute approximate surface area is 185 Å². The highest BCUT2D eigenvalue weighted by Crippen LogP contribution is 2.16. The first-order chi connectivity index (χ1) is 14.4. The van der Waals surface area contributed by atoms with Crippen LogP contribution in [0, 0.1) is 0 Å². The van der Waals surface area contributed by atoms with Gasteiger partial charge in [0.25, 0.3) is 11.8 Å². The molecule has 0 saturated carbocycles. The van der Waals surface area contributed by atoms with Gasteiger partial charge in [-0.1, -0.05) is 60.1 Å². The number of nitrogens with one attached hydrogen (secondary N) is 2. The Morgan fingerprint density at radius 1 is 0.967 bits per heavy atom. The molecule has 7 heteroatoms. The van der Waals surface area contributed by atoms with Crippen LogP contribution in [-0.4, -0.2) is 28.9 Å². The Morgan fingerprint density at radius 3 is 2.40 bits per heavy atom. The molecule has 30 heavy (non-hydrogen) atoms. The van der Waals surface area contributed by atoms with Crippen LogP contribution in [0.5, 0.6) is 0 Å². The monoisotopic (exact) mass is 437 g/mol. The van der Waals surface area contributed by atoms with Crippen molar-refractivity contribution in [1.82, 2.24) is 10.2 Å². The van der Waals surface area contributed by atoms with Crippen LogP contribution in [-0.2, 0) is 6.54 Å². The number of amides is 2. The van der Waals surface area contributed by atoms with Crippen LogP contribution in [0.25, 0.3) is 0 Å². The van der Waals surface area contributed by atoms with Crippen LogP contribution >= 0.6 is 23.8 Å². The van der Waals surface area contributed by atoms with Crippen molar-refractivity contribution in [2.75, 3.05) is 12.4 Å². The molecule has 0 aliphatic carbocycles. The standard InChI is InChI=1S/C23H20ClN3O2S/c1-27(15-16-8-3-2-4-9-16)22(29)17-10-7-11-18(14-17)25-23(30)26-21(28)19-12-5-6-13-20(19)24/h2-14H,15H2,1H3,(H2,25,26,28,30). The summed E-state index contributed by atoms with van der Waals surface area (Å²) in [5, 5.41) is 5.98. The lowest BCUT2D eigenvalue weighted by atomic mass is 10.1. The molecule has 0 spiro atoms. The molecule has 2 amide bonds. The predicted molar refractivity (Wildman–Crippen MR) is 124 cm³/mol. The third kappa shape index (κ3) is 5.65. The van der Waals surface area contributed by atoms with Gasteiger partial charge in [0.1, 0.15) is 0 Å². The second kappa shape index (κ2) is 10.0. The maximum Gasteiger partial charge on any atom is 0.258 e. The number of carbonyl (C=O) groups is 2. The minimum absolute atomic E-state index is 0.113. The molecule has 5 nitrogen and oxygen atoms in total. The smallest absolute Gasteiger partial charge is 0.258 e. The summed E-state index contributed by atoms with van der Waals surface area (Å²) in [7, 11) is 1.75. The summed E-state index contributed by atoms with van der Waals surface area (Å²) >= 11 is 11.3. The summed E-state index contributed by atoms with van der Waals surface area (Å²) in [5.74, 6) is -0.526. The number of anilines is 1. The molecule has 0 saturated heterocycles. The molecule has 0 aromatic heterocycles. The molecule has 0 unspecified atom stereocenters. The lowest BCUT2D eigenvalue weighted by Gasteiger charge is -2.18. The Hall–Kier alpha value is -3.22. The number of nitrogens with zero attached hydrogens (tertiary/aromatic N) is 1. The first-order valence-corrected chi connectivity index (χ1v) is 9.99. The summed E-state index contributed by atoms with van der Waals surface area (Å²) in [5.41, 5.74) is 2.48. The van der Waals surface area contributed by atoms with Crippen molar-refractivity contribution in [2.45, 2.75) is 6.54 Å². The highest BCUT2D eigenvalue weighted by molar-refractivity contribution is 7.80. The topological polar surface area (TPSA) is 61.4 Å². The van der Waals surface area contributed by atoms with Crippen molar-refractivity contribution in [3.63, 3.8) is 0 Å². The van der Waals surface area contributed by atoms with Gasteiger partial charge in [0.2, 0.25) is 0 Å². The zero-order valence-electron chi connectivity index (χ0n) is 16.3. The van der Waals surface area contributed by atoms with Crippen LogP contribution in [0.15, 0.2) is 78.9 Å². The van der Waals surface area contributed by atoms with Gasteiger partial charge in [-0.3, -0.25) is 14.9 Å². The molecule has 0 fully saturated rings. The van der Waals surface area contributed by atoms with E-state index in [0.29, 0.717) is 28.4 Å². The van der Waals surface area contributed by atoms with Gasteiger partial charge in [0.15, 0.2) is 5.11 Å². The van der Waals surface area contributed by atoms with Crippen LogP contribution in [0.2, 0.25) is 5.02 Å². The van der Waals surface area contributed by atoms with E-state index in [1.807, 2.05) is 30.3 Å². The third-order valence-electron chi connectivity index (χ3n) is 4.32. The van der Waals surface area contributed by atoms with E-state index in [-0.39, 0.29) is 11.0 Å². The number of halogens is 1. The molecular formula is C23H20ClN3O2S. The molecule has 0 radical (unpaired) electrons. The quantitative estimate of drug-likeness (QED) is 0.566. The molecule has 0 aliphatic heterocycles. The molecule has 0 atom stereocenters. The average molecular weight is 438 g/mol. The van der Waals surface area contributed by atoms with Gasteiger partial charge < -0.3 is 10.2 Å². The molecule has 3 aromatic carbocycles. The molecule has 0 bridgehead atoms. The van der Waals surface area contributed by atoms with Crippen LogP contribution in [0.3, 0.4) is 0 Å². The number of carbonyl (C=O) groups excluding carboxylic acids is 2. The van der Waals surface area contributed by atoms with E-state index in [1.54, 1.807) is 60.5 Å². The molecule has 152 valence electrons. The largest absolute Gasteiger partial charge is 0.337 e. The van der Waals surface area contributed by atoms with Gasteiger partial charge >= 0.3 is 0 Å². The molecule has 2 N–H and O–H groups in total. The normalized spacial score (nSPS) is 10.2. The van der Waals surface area contributed by atoms with E-state index in [1.165, 1.54) is 0 Å². The Bertz CT molecular complexity index is 1070. The van der Waals surface area contributed by atoms with Gasteiger partial charge in [0.05, 0.1) is 10.6 Å². The van der Waals surface area contributed by atoms with E-state index < -0.39 is 5.91 Å². The number of benzene rings is 3. The van der Waals surface area contributed by atoms with E-state index >= 15 is 0 Å². The van der Waals surface area contributed by atoms with Crippen molar-refractivity contribution in [1.29, 1.82) is 0 Å². The van der Waals surface area contributed by atoms with E-state index in [0.717, 1.165) is 5.56 Å². The SMILES string of the molecule is CN(Cc1ccccc1)C(=O)c1cccc(NC(=S)NC(=O)c2ccccc2Cl)c1. The highest BCUT2D eigenvalue weighted by Gasteiger charge is 2.14. The average Bonchev–Trinajstić information content (AvgIpc) is 2.74. The van der Waals surface area contributed by atoms with Crippen molar-refractivity contribution in [3.8, 4) is 0 Å². The van der Waals surface area contributed by atoms with Crippen LogP contribution < -0.4 is 10.6 Å². The number of hydrogen-bond acceptors (Lipinski definition) is 3. The highest BCUT2D eigenvalue weighted by atomic mass is 35.5. The summed E-state index contributed by atoms with van der Waals surface area (Å²) in [6, 6.07) is 23.4. The number of thiocarbonyl (C=S) groups is 1. The van der Waals surface area contributed by atoms with Gasteiger partial charge in [-0.05, 0) is 48.1 Å². The fourth-order valence-corrected chi connectivity index (χ4v) is 3.29. The van der Waals surface area contributed by atoms with E-state index in [9.17, 15) is 9.59 Å². The zero-order valence-corrected chi connectivity index (χ0v) is 17.8. The molecule has 3 rings (SSSR count). The van der Waals surface area contributed by atoms with Crippen LogP contribution in [0.1, 0.15) is 26.3 Å². The van der Waals surface area contributed by atoms with E-state index in [4.69, 9.17) is 23.8 Å². The molecule has 0 aliphatic rings. The van der Waals surface area contributed by atoms with Crippen molar-refractivity contribution in [3.05, 3.63) is 101 Å². The van der Waals surface area contributed by atoms with Crippen molar-refractivity contribution < 1.29 is 9.59 Å². The van der Waals surface area contributed by atoms with Crippen LogP contribution in [0.4, 0.5) is 5.69 Å². The first kappa shape index (κ1) is 21.5. The first-order valence-electron chi connectivity index (χ1n) is 9.20. The Morgan fingerprint density at radius 2 is 1.67 bits per heavy atom.